The van der Waals surface area contributed by atoms with Crippen molar-refractivity contribution in [3.05, 3.63) is 70.8 Å². The molecule has 3 fully saturated rings. The van der Waals surface area contributed by atoms with Crippen LogP contribution >= 0.6 is 0 Å². The Morgan fingerprint density at radius 1 is 0.773 bits per heavy atom. The van der Waals surface area contributed by atoms with Crippen molar-refractivity contribution in [1.82, 2.24) is 4.90 Å². The minimum Gasteiger partial charge on any atom is -0.290 e. The number of benzene rings is 2. The SMILES string of the molecule is Cc1ccc(C2(c3ccc(C)cc3)CC3CCN2CC3)cc1. The zero-order valence-corrected chi connectivity index (χ0v) is 13.7. The molecule has 0 aliphatic carbocycles. The van der Waals surface area contributed by atoms with Crippen molar-refractivity contribution in [2.45, 2.75) is 38.6 Å². The predicted molar refractivity (Wildman–Crippen MR) is 92.1 cm³/mol. The topological polar surface area (TPSA) is 3.24 Å². The molecule has 0 aromatic heterocycles. The van der Waals surface area contributed by atoms with Gasteiger partial charge < -0.3 is 0 Å². The fraction of sp³-hybridized carbons (Fsp3) is 0.429. The summed E-state index contributed by atoms with van der Waals surface area (Å²) in [6, 6.07) is 18.5. The summed E-state index contributed by atoms with van der Waals surface area (Å²) in [4.78, 5) is 2.74. The third-order valence-electron chi connectivity index (χ3n) is 5.80. The van der Waals surface area contributed by atoms with Crippen molar-refractivity contribution >= 4 is 0 Å². The highest BCUT2D eigenvalue weighted by Crippen LogP contribution is 2.49. The molecule has 0 spiro atoms. The Morgan fingerprint density at radius 3 is 1.59 bits per heavy atom. The normalized spacial score (nSPS) is 26.1. The highest BCUT2D eigenvalue weighted by molar-refractivity contribution is 5.42. The highest BCUT2D eigenvalue weighted by Gasteiger charge is 2.47. The van der Waals surface area contributed by atoms with E-state index in [0.717, 1.165) is 5.92 Å². The molecule has 3 aliphatic heterocycles. The molecule has 0 atom stereocenters. The molecule has 22 heavy (non-hydrogen) atoms. The summed E-state index contributed by atoms with van der Waals surface area (Å²) in [5.74, 6) is 0.882. The molecule has 0 amide bonds. The van der Waals surface area contributed by atoms with E-state index in [0.29, 0.717) is 0 Å². The molecule has 0 radical (unpaired) electrons. The summed E-state index contributed by atoms with van der Waals surface area (Å²) in [6.07, 6.45) is 4.03. The van der Waals surface area contributed by atoms with Crippen LogP contribution in [0.25, 0.3) is 0 Å². The summed E-state index contributed by atoms with van der Waals surface area (Å²) in [5, 5.41) is 0. The van der Waals surface area contributed by atoms with E-state index in [9.17, 15) is 0 Å². The maximum atomic E-state index is 2.74. The first-order valence-electron chi connectivity index (χ1n) is 8.58. The standard InChI is InChI=1S/C21H25N/c1-16-3-7-19(8-4-16)21(20-9-5-17(2)6-10-20)15-18-11-13-22(21)14-12-18/h3-10,18H,11-15H2,1-2H3. The molecule has 5 rings (SSSR count). The van der Waals surface area contributed by atoms with Crippen LogP contribution in [-0.2, 0) is 5.54 Å². The van der Waals surface area contributed by atoms with E-state index in [1.165, 1.54) is 54.6 Å². The van der Waals surface area contributed by atoms with E-state index in [-0.39, 0.29) is 5.54 Å². The lowest BCUT2D eigenvalue weighted by atomic mass is 9.67. The summed E-state index contributed by atoms with van der Waals surface area (Å²) < 4.78 is 0. The molecule has 0 N–H and O–H groups in total. The van der Waals surface area contributed by atoms with E-state index in [2.05, 4.69) is 67.3 Å². The average molecular weight is 291 g/mol. The van der Waals surface area contributed by atoms with Gasteiger partial charge in [-0.2, -0.15) is 0 Å². The van der Waals surface area contributed by atoms with Gasteiger partial charge in [-0.1, -0.05) is 59.7 Å². The highest BCUT2D eigenvalue weighted by atomic mass is 15.2. The van der Waals surface area contributed by atoms with Crippen LogP contribution in [0.5, 0.6) is 0 Å². The van der Waals surface area contributed by atoms with Gasteiger partial charge in [0.1, 0.15) is 0 Å². The van der Waals surface area contributed by atoms with E-state index < -0.39 is 0 Å². The lowest BCUT2D eigenvalue weighted by molar-refractivity contribution is -0.00695. The van der Waals surface area contributed by atoms with Crippen LogP contribution in [0.15, 0.2) is 48.5 Å². The molecule has 114 valence electrons. The quantitative estimate of drug-likeness (QED) is 0.777. The molecule has 1 heteroatoms. The number of piperidine rings is 3. The van der Waals surface area contributed by atoms with Crippen LogP contribution < -0.4 is 0 Å². The fourth-order valence-electron chi connectivity index (χ4n) is 4.49. The molecule has 2 bridgehead atoms. The van der Waals surface area contributed by atoms with Crippen molar-refractivity contribution in [2.75, 3.05) is 13.1 Å². The first-order chi connectivity index (χ1) is 10.7. The molecule has 3 saturated heterocycles. The van der Waals surface area contributed by atoms with Crippen LogP contribution in [0.4, 0.5) is 0 Å². The molecule has 0 saturated carbocycles. The molecular formula is C21H25N. The number of rotatable bonds is 2. The van der Waals surface area contributed by atoms with Gasteiger partial charge in [-0.05, 0) is 63.2 Å². The Morgan fingerprint density at radius 2 is 1.23 bits per heavy atom. The summed E-state index contributed by atoms with van der Waals surface area (Å²) in [5.41, 5.74) is 5.75. The van der Waals surface area contributed by atoms with Gasteiger partial charge in [-0.3, -0.25) is 4.90 Å². The van der Waals surface area contributed by atoms with E-state index in [1.807, 2.05) is 0 Å². The zero-order valence-electron chi connectivity index (χ0n) is 13.7. The van der Waals surface area contributed by atoms with Crippen molar-refractivity contribution in [3.63, 3.8) is 0 Å². The van der Waals surface area contributed by atoms with Crippen molar-refractivity contribution in [3.8, 4) is 0 Å². The second-order valence-corrected chi connectivity index (χ2v) is 7.23. The van der Waals surface area contributed by atoms with E-state index >= 15 is 0 Å². The largest absolute Gasteiger partial charge is 0.290 e. The van der Waals surface area contributed by atoms with Crippen LogP contribution in [0.3, 0.4) is 0 Å². The Hall–Kier alpha value is -1.60. The molecule has 0 unspecified atom stereocenters. The smallest absolute Gasteiger partial charge is 0.0718 e. The zero-order chi connectivity index (χ0) is 15.2. The maximum absolute atomic E-state index is 2.74. The van der Waals surface area contributed by atoms with Crippen molar-refractivity contribution in [1.29, 1.82) is 0 Å². The summed E-state index contributed by atoms with van der Waals surface area (Å²) >= 11 is 0. The van der Waals surface area contributed by atoms with Gasteiger partial charge in [0.05, 0.1) is 5.54 Å². The Labute approximate surface area is 134 Å². The lowest BCUT2D eigenvalue weighted by Crippen LogP contribution is -2.56. The van der Waals surface area contributed by atoms with Gasteiger partial charge in [-0.25, -0.2) is 0 Å². The average Bonchev–Trinajstić information content (AvgIpc) is 2.57. The second kappa shape index (κ2) is 5.24. The Kier molecular flexibility index (Phi) is 3.34. The number of fused-ring (bicyclic) bond motifs is 3. The molecular weight excluding hydrogens is 266 g/mol. The van der Waals surface area contributed by atoms with Gasteiger partial charge in [0.15, 0.2) is 0 Å². The molecule has 3 heterocycles. The lowest BCUT2D eigenvalue weighted by Gasteiger charge is -2.55. The van der Waals surface area contributed by atoms with Crippen LogP contribution in [0.1, 0.15) is 41.5 Å². The van der Waals surface area contributed by atoms with Gasteiger partial charge >= 0.3 is 0 Å². The molecule has 3 aliphatic rings. The number of nitrogens with zero attached hydrogens (tertiary/aromatic N) is 1. The molecule has 2 aromatic rings. The Bertz CT molecular complexity index is 600. The minimum absolute atomic E-state index is 0.0998. The van der Waals surface area contributed by atoms with Gasteiger partial charge in [0.2, 0.25) is 0 Å². The summed E-state index contributed by atoms with van der Waals surface area (Å²) in [6.45, 7) is 6.84. The predicted octanol–water partition coefficient (Wildman–Crippen LogP) is 4.66. The van der Waals surface area contributed by atoms with Crippen molar-refractivity contribution in [2.24, 2.45) is 5.92 Å². The number of aryl methyl sites for hydroxylation is 2. The minimum atomic E-state index is 0.0998. The number of hydrogen-bond acceptors (Lipinski definition) is 1. The van der Waals surface area contributed by atoms with Gasteiger partial charge in [0.25, 0.3) is 0 Å². The third kappa shape index (κ3) is 2.11. The summed E-state index contributed by atoms with van der Waals surface area (Å²) in [7, 11) is 0. The fourth-order valence-corrected chi connectivity index (χ4v) is 4.49. The monoisotopic (exact) mass is 291 g/mol. The van der Waals surface area contributed by atoms with Crippen LogP contribution in [0, 0.1) is 19.8 Å². The first-order valence-corrected chi connectivity index (χ1v) is 8.58. The van der Waals surface area contributed by atoms with Crippen molar-refractivity contribution < 1.29 is 0 Å². The van der Waals surface area contributed by atoms with E-state index in [1.54, 1.807) is 0 Å². The molecule has 1 nitrogen and oxygen atoms in total. The van der Waals surface area contributed by atoms with Crippen LogP contribution in [-0.4, -0.2) is 18.0 Å². The molecule has 2 aromatic carbocycles. The second-order valence-electron chi connectivity index (χ2n) is 7.23. The van der Waals surface area contributed by atoms with Gasteiger partial charge in [0, 0.05) is 0 Å². The first kappa shape index (κ1) is 14.0. The van der Waals surface area contributed by atoms with Crippen LogP contribution in [0.2, 0.25) is 0 Å². The van der Waals surface area contributed by atoms with Gasteiger partial charge in [-0.15, -0.1) is 0 Å². The number of hydrogen-bond donors (Lipinski definition) is 0. The third-order valence-corrected chi connectivity index (χ3v) is 5.80. The maximum Gasteiger partial charge on any atom is 0.0718 e. The Balaban J connectivity index is 1.88. The van der Waals surface area contributed by atoms with E-state index in [4.69, 9.17) is 0 Å².